The zero-order valence-corrected chi connectivity index (χ0v) is 14.1. The van der Waals surface area contributed by atoms with Crippen molar-refractivity contribution < 1.29 is 0 Å². The quantitative estimate of drug-likeness (QED) is 0.627. The van der Waals surface area contributed by atoms with Crippen LogP contribution in [0.5, 0.6) is 0 Å². The summed E-state index contributed by atoms with van der Waals surface area (Å²) in [5.74, 6) is 0.682. The molecule has 4 rings (SSSR count). The predicted octanol–water partition coefficient (Wildman–Crippen LogP) is 3.02. The highest BCUT2D eigenvalue weighted by molar-refractivity contribution is 5.74. The minimum atomic E-state index is -0.621. The maximum atomic E-state index is 11.6. The second kappa shape index (κ2) is 6.33. The van der Waals surface area contributed by atoms with Crippen molar-refractivity contribution in [2.75, 3.05) is 0 Å². The van der Waals surface area contributed by atoms with Crippen LogP contribution in [0.2, 0.25) is 0 Å². The van der Waals surface area contributed by atoms with Gasteiger partial charge in [-0.15, -0.1) is 0 Å². The Hall–Kier alpha value is -2.66. The molecule has 25 heavy (non-hydrogen) atoms. The maximum Gasteiger partial charge on any atom is 0.314 e. The number of aromatic amines is 2. The molecule has 1 aliphatic rings. The lowest BCUT2D eigenvalue weighted by Crippen LogP contribution is -2.29. The molecule has 1 heterocycles. The first kappa shape index (κ1) is 15.8. The first-order valence-corrected chi connectivity index (χ1v) is 8.69. The van der Waals surface area contributed by atoms with Crippen LogP contribution in [0, 0.1) is 5.92 Å². The van der Waals surface area contributed by atoms with E-state index in [9.17, 15) is 9.59 Å². The van der Waals surface area contributed by atoms with Gasteiger partial charge in [-0.1, -0.05) is 36.4 Å². The fourth-order valence-corrected chi connectivity index (χ4v) is 3.36. The summed E-state index contributed by atoms with van der Waals surface area (Å²) in [6.45, 7) is 2.13. The molecule has 0 bridgehead atoms. The number of aromatic nitrogens is 2. The molecular weight excluding hydrogens is 314 g/mol. The fraction of sp³-hybridized carbons (Fsp3) is 0.300. The molecule has 0 spiro atoms. The van der Waals surface area contributed by atoms with Gasteiger partial charge in [-0.2, -0.15) is 0 Å². The fourth-order valence-electron chi connectivity index (χ4n) is 3.36. The van der Waals surface area contributed by atoms with Gasteiger partial charge in [0.2, 0.25) is 0 Å². The number of hydrogen-bond acceptors (Lipinski definition) is 3. The molecule has 3 N–H and O–H groups in total. The van der Waals surface area contributed by atoms with Crippen LogP contribution in [0.25, 0.3) is 11.0 Å². The molecule has 0 saturated heterocycles. The molecule has 1 aromatic heterocycles. The lowest BCUT2D eigenvalue weighted by molar-refractivity contribution is 0.427. The molecular formula is C20H21N3O2. The Balaban J connectivity index is 1.62. The van der Waals surface area contributed by atoms with Crippen molar-refractivity contribution in [1.82, 2.24) is 15.3 Å². The average molecular weight is 335 g/mol. The predicted molar refractivity (Wildman–Crippen MR) is 98.6 cm³/mol. The van der Waals surface area contributed by atoms with Gasteiger partial charge in [0.05, 0.1) is 11.0 Å². The summed E-state index contributed by atoms with van der Waals surface area (Å²) in [7, 11) is 0. The molecule has 1 aliphatic carbocycles. The standard InChI is InChI=1S/C20H21N3O2/c1-12(21-18(14-7-8-14)13-5-3-2-4-6-13)15-9-10-16-17(11-15)23-20(25)19(24)22-16/h2-6,9-12,14,18,21H,7-8H2,1H3,(H,22,24)(H,23,25). The lowest BCUT2D eigenvalue weighted by atomic mass is 9.99. The molecule has 128 valence electrons. The Morgan fingerprint density at radius 1 is 0.920 bits per heavy atom. The largest absolute Gasteiger partial charge is 0.316 e. The van der Waals surface area contributed by atoms with Crippen LogP contribution in [0.3, 0.4) is 0 Å². The van der Waals surface area contributed by atoms with E-state index in [1.807, 2.05) is 24.3 Å². The highest BCUT2D eigenvalue weighted by Gasteiger charge is 2.33. The second-order valence-electron chi connectivity index (χ2n) is 6.83. The highest BCUT2D eigenvalue weighted by atomic mass is 16.2. The topological polar surface area (TPSA) is 77.8 Å². The van der Waals surface area contributed by atoms with Crippen molar-refractivity contribution in [3.8, 4) is 0 Å². The van der Waals surface area contributed by atoms with Gasteiger partial charge in [0.15, 0.2) is 0 Å². The van der Waals surface area contributed by atoms with Crippen molar-refractivity contribution in [3.05, 3.63) is 80.4 Å². The van der Waals surface area contributed by atoms with E-state index in [-0.39, 0.29) is 6.04 Å². The van der Waals surface area contributed by atoms with E-state index in [4.69, 9.17) is 0 Å². The van der Waals surface area contributed by atoms with Crippen LogP contribution >= 0.6 is 0 Å². The maximum absolute atomic E-state index is 11.6. The number of H-pyrrole nitrogens is 2. The van der Waals surface area contributed by atoms with Crippen molar-refractivity contribution >= 4 is 11.0 Å². The summed E-state index contributed by atoms with van der Waals surface area (Å²) in [4.78, 5) is 28.2. The van der Waals surface area contributed by atoms with Gasteiger partial charge in [-0.05, 0) is 48.9 Å². The molecule has 0 radical (unpaired) electrons. The Labute approximate surface area is 145 Å². The number of hydrogen-bond donors (Lipinski definition) is 3. The molecule has 1 fully saturated rings. The minimum Gasteiger partial charge on any atom is -0.316 e. The van der Waals surface area contributed by atoms with Gasteiger partial charge >= 0.3 is 11.1 Å². The van der Waals surface area contributed by atoms with Gasteiger partial charge in [0, 0.05) is 12.1 Å². The molecule has 5 nitrogen and oxygen atoms in total. The Morgan fingerprint density at radius 3 is 2.28 bits per heavy atom. The highest BCUT2D eigenvalue weighted by Crippen LogP contribution is 2.42. The summed E-state index contributed by atoms with van der Waals surface area (Å²) in [5, 5.41) is 3.74. The lowest BCUT2D eigenvalue weighted by Gasteiger charge is -2.24. The number of nitrogens with one attached hydrogen (secondary N) is 3. The zero-order valence-electron chi connectivity index (χ0n) is 14.1. The molecule has 2 atom stereocenters. The Bertz CT molecular complexity index is 1000. The van der Waals surface area contributed by atoms with Gasteiger partial charge in [-0.3, -0.25) is 9.59 Å². The van der Waals surface area contributed by atoms with Crippen LogP contribution in [0.15, 0.2) is 58.1 Å². The first-order chi connectivity index (χ1) is 12.1. The van der Waals surface area contributed by atoms with E-state index in [0.717, 1.165) is 5.56 Å². The van der Waals surface area contributed by atoms with E-state index in [1.165, 1.54) is 18.4 Å². The van der Waals surface area contributed by atoms with Crippen LogP contribution in [-0.4, -0.2) is 9.97 Å². The van der Waals surface area contributed by atoms with E-state index in [1.54, 1.807) is 0 Å². The van der Waals surface area contributed by atoms with E-state index < -0.39 is 11.1 Å². The van der Waals surface area contributed by atoms with Crippen LogP contribution in [0.1, 0.15) is 43.0 Å². The van der Waals surface area contributed by atoms with Crippen LogP contribution < -0.4 is 16.4 Å². The molecule has 0 amide bonds. The molecule has 1 saturated carbocycles. The van der Waals surface area contributed by atoms with Crippen molar-refractivity contribution in [2.45, 2.75) is 31.8 Å². The normalized spacial score (nSPS) is 16.7. The molecule has 2 unspecified atom stereocenters. The van der Waals surface area contributed by atoms with E-state index in [0.29, 0.717) is 23.0 Å². The van der Waals surface area contributed by atoms with Gasteiger partial charge in [0.25, 0.3) is 0 Å². The average Bonchev–Trinajstić information content (AvgIpc) is 3.46. The minimum absolute atomic E-state index is 0.130. The molecule has 0 aliphatic heterocycles. The van der Waals surface area contributed by atoms with Crippen LogP contribution in [0.4, 0.5) is 0 Å². The molecule has 3 aromatic rings. The van der Waals surface area contributed by atoms with E-state index in [2.05, 4.69) is 46.5 Å². The van der Waals surface area contributed by atoms with Crippen molar-refractivity contribution in [2.24, 2.45) is 5.92 Å². The summed E-state index contributed by atoms with van der Waals surface area (Å²) >= 11 is 0. The molecule has 2 aromatic carbocycles. The summed E-state index contributed by atoms with van der Waals surface area (Å²) in [6, 6.07) is 16.8. The third-order valence-corrected chi connectivity index (χ3v) is 4.93. The Kier molecular flexibility index (Phi) is 4.01. The van der Waals surface area contributed by atoms with E-state index >= 15 is 0 Å². The third kappa shape index (κ3) is 3.28. The van der Waals surface area contributed by atoms with Gasteiger partial charge in [0.1, 0.15) is 0 Å². The first-order valence-electron chi connectivity index (χ1n) is 8.69. The number of fused-ring (bicyclic) bond motifs is 1. The van der Waals surface area contributed by atoms with Gasteiger partial charge < -0.3 is 15.3 Å². The van der Waals surface area contributed by atoms with Crippen LogP contribution in [-0.2, 0) is 0 Å². The smallest absolute Gasteiger partial charge is 0.314 e. The monoisotopic (exact) mass is 335 g/mol. The summed E-state index contributed by atoms with van der Waals surface area (Å²) < 4.78 is 0. The Morgan fingerprint density at radius 2 is 1.60 bits per heavy atom. The number of benzene rings is 2. The summed E-state index contributed by atoms with van der Waals surface area (Å²) in [6.07, 6.45) is 2.51. The number of rotatable bonds is 5. The molecule has 5 heteroatoms. The summed E-state index contributed by atoms with van der Waals surface area (Å²) in [5.41, 5.74) is 2.45. The third-order valence-electron chi connectivity index (χ3n) is 4.93. The SMILES string of the molecule is CC(NC(c1ccccc1)C1CC1)c1ccc2[nH]c(=O)c(=O)[nH]c2c1. The second-order valence-corrected chi connectivity index (χ2v) is 6.83. The van der Waals surface area contributed by atoms with Crippen molar-refractivity contribution in [3.63, 3.8) is 0 Å². The zero-order chi connectivity index (χ0) is 17.4. The van der Waals surface area contributed by atoms with Gasteiger partial charge in [-0.25, -0.2) is 0 Å². The van der Waals surface area contributed by atoms with Crippen molar-refractivity contribution in [1.29, 1.82) is 0 Å².